The Balaban J connectivity index is 0.980. The number of hydrogen-bond acceptors (Lipinski definition) is 16. The molecule has 522 valence electrons. The molecular formula is C84H90O16. The van der Waals surface area contributed by atoms with E-state index in [0.29, 0.717) is 0 Å². The van der Waals surface area contributed by atoms with Crippen LogP contribution >= 0.6 is 0 Å². The molecule has 0 radical (unpaired) electrons. The molecule has 3 aliphatic heterocycles. The van der Waals surface area contributed by atoms with Crippen LogP contribution in [0.25, 0.3) is 0 Å². The average Bonchev–Trinajstić information content (AvgIpc) is 0.766. The minimum Gasteiger partial charge on any atom is -0.394 e. The van der Waals surface area contributed by atoms with Crippen molar-refractivity contribution >= 4 is 0 Å². The van der Waals surface area contributed by atoms with Gasteiger partial charge in [0.2, 0.25) is 0 Å². The highest BCUT2D eigenvalue weighted by atomic mass is 16.8. The van der Waals surface area contributed by atoms with Crippen molar-refractivity contribution in [3.8, 4) is 0 Å². The van der Waals surface area contributed by atoms with Crippen molar-refractivity contribution in [2.45, 2.75) is 152 Å². The van der Waals surface area contributed by atoms with Crippen LogP contribution in [-0.2, 0) is 131 Å². The number of rotatable bonds is 37. The van der Waals surface area contributed by atoms with Gasteiger partial charge in [0.25, 0.3) is 0 Å². The second kappa shape index (κ2) is 38.8. The molecule has 3 fully saturated rings. The van der Waals surface area contributed by atoms with Crippen LogP contribution in [-0.4, -0.2) is 124 Å². The van der Waals surface area contributed by atoms with Crippen molar-refractivity contribution in [3.05, 3.63) is 336 Å². The topological polar surface area (TPSA) is 159 Å². The first kappa shape index (κ1) is 71.9. The zero-order valence-electron chi connectivity index (χ0n) is 56.2. The number of hydrogen-bond donors (Lipinski definition) is 1. The normalized spacial score (nSPS) is 25.3. The molecule has 0 saturated carbocycles. The molecule has 0 spiro atoms. The van der Waals surface area contributed by atoms with Gasteiger partial charge in [0.15, 0.2) is 18.9 Å². The van der Waals surface area contributed by atoms with E-state index in [4.69, 9.17) is 71.1 Å². The Morgan fingerprint density at radius 2 is 0.500 bits per heavy atom. The maximum Gasteiger partial charge on any atom is 0.187 e. The highest BCUT2D eigenvalue weighted by Gasteiger charge is 2.57. The molecule has 1 N–H and O–H groups in total. The van der Waals surface area contributed by atoms with Crippen LogP contribution < -0.4 is 0 Å². The molecule has 15 atom stereocenters. The fourth-order valence-electron chi connectivity index (χ4n) is 12.6. The minimum atomic E-state index is -1.32. The van der Waals surface area contributed by atoms with Gasteiger partial charge in [0.05, 0.1) is 85.9 Å². The van der Waals surface area contributed by atoms with E-state index in [1.54, 1.807) is 6.08 Å². The lowest BCUT2D eigenvalue weighted by Gasteiger charge is -2.52. The zero-order valence-corrected chi connectivity index (χ0v) is 56.2. The van der Waals surface area contributed by atoms with Gasteiger partial charge in [0, 0.05) is 0 Å². The summed E-state index contributed by atoms with van der Waals surface area (Å²) in [5.74, 6) is 0. The molecule has 16 heteroatoms. The van der Waals surface area contributed by atoms with Gasteiger partial charge in [-0.05, 0) is 50.1 Å². The average molecular weight is 1360 g/mol. The molecule has 3 heterocycles. The molecule has 0 amide bonds. The smallest absolute Gasteiger partial charge is 0.187 e. The third-order valence-corrected chi connectivity index (χ3v) is 17.7. The van der Waals surface area contributed by atoms with Crippen molar-refractivity contribution < 1.29 is 76.2 Å². The predicted octanol–water partition coefficient (Wildman–Crippen LogP) is 13.7. The fraction of sp³-hybridized carbons (Fsp3) is 0.333. The lowest BCUT2D eigenvalue weighted by atomic mass is 9.95. The molecule has 3 aliphatic rings. The van der Waals surface area contributed by atoms with E-state index >= 15 is 0 Å². The second-order valence-corrected chi connectivity index (χ2v) is 25.0. The van der Waals surface area contributed by atoms with Gasteiger partial charge in [-0.1, -0.05) is 279 Å². The van der Waals surface area contributed by atoms with Gasteiger partial charge in [-0.2, -0.15) is 0 Å². The van der Waals surface area contributed by atoms with E-state index in [9.17, 15) is 5.11 Å². The standard InChI is InChI=1S/C84H90O16/c1-2-48-88-82-81(95-58-69-46-28-11-29-47-69)78(100-84-80(94-57-68-44-26-10-27-45-68)77(92-55-66-40-22-8-23-41-66)74(90-53-64-36-18-6-19-37-64)72(98-84)60-87-51-62-32-14-4-15-33-62)75(70(49-85)96-82)99-83-79(93-56-67-42-24-9-25-43-67)76(91-54-65-38-20-7-21-39-65)73(89-52-63-34-16-5-17-35-63)71(97-83)59-86-50-61-30-12-3-13-31-61/h2-47,70-85H,1,48-60H2/t70?,71?,72?,73-,74+,75-,76?,77?,78?,79?,80?,81?,82+,83+,84+/m1/s1. The van der Waals surface area contributed by atoms with Gasteiger partial charge in [-0.15, -0.1) is 6.58 Å². The van der Waals surface area contributed by atoms with Gasteiger partial charge >= 0.3 is 0 Å². The van der Waals surface area contributed by atoms with Crippen LogP contribution in [0.2, 0.25) is 0 Å². The molecular weight excluding hydrogens is 1260 g/mol. The Bertz CT molecular complexity index is 3690. The van der Waals surface area contributed by atoms with Gasteiger partial charge in [-0.3, -0.25) is 0 Å². The van der Waals surface area contributed by atoms with E-state index in [-0.39, 0.29) is 79.3 Å². The van der Waals surface area contributed by atoms with Gasteiger partial charge in [0.1, 0.15) is 73.2 Å². The Kier molecular flexibility index (Phi) is 27.9. The summed E-state index contributed by atoms with van der Waals surface area (Å²) in [4.78, 5) is 0. The molecule has 12 rings (SSSR count). The zero-order chi connectivity index (χ0) is 68.2. The van der Waals surface area contributed by atoms with Crippen molar-refractivity contribution in [2.75, 3.05) is 26.4 Å². The SMILES string of the molecule is C=CCO[C@H]1OC(CO)[C@@H](O[C@@H]2OC(COCc3ccccc3)[C@@H](OCc3ccccc3)C(OCc3ccccc3)C2OCc2ccccc2)C(O[C@@H]2OC(COCc3ccccc3)[C@H](OCc3ccccc3)C(OCc3ccccc3)C2OCc2ccccc2)C1OCc1ccccc1. The van der Waals surface area contributed by atoms with Gasteiger partial charge in [-0.25, -0.2) is 0 Å². The molecule has 9 aromatic carbocycles. The monoisotopic (exact) mass is 1350 g/mol. The van der Waals surface area contributed by atoms with Crippen LogP contribution in [0.15, 0.2) is 286 Å². The molecule has 0 bridgehead atoms. The summed E-state index contributed by atoms with van der Waals surface area (Å²) in [6, 6.07) is 89.4. The molecule has 9 unspecified atom stereocenters. The van der Waals surface area contributed by atoms with Crippen LogP contribution in [0, 0.1) is 0 Å². The number of aliphatic hydroxyl groups is 1. The summed E-state index contributed by atoms with van der Waals surface area (Å²) in [6.45, 7) is 5.17. The van der Waals surface area contributed by atoms with Crippen LogP contribution in [0.3, 0.4) is 0 Å². The number of aliphatic hydroxyl groups excluding tert-OH is 1. The van der Waals surface area contributed by atoms with Crippen LogP contribution in [0.5, 0.6) is 0 Å². The molecule has 3 saturated heterocycles. The Labute approximate surface area is 587 Å². The van der Waals surface area contributed by atoms with Crippen molar-refractivity contribution in [1.82, 2.24) is 0 Å². The first-order valence-electron chi connectivity index (χ1n) is 34.4. The predicted molar refractivity (Wildman–Crippen MR) is 376 cm³/mol. The summed E-state index contributed by atoms with van der Waals surface area (Å²) < 4.78 is 108. The van der Waals surface area contributed by atoms with Crippen molar-refractivity contribution in [2.24, 2.45) is 0 Å². The Morgan fingerprint density at radius 3 is 0.780 bits per heavy atom. The maximum absolute atomic E-state index is 12.0. The van der Waals surface area contributed by atoms with E-state index in [2.05, 4.69) is 6.58 Å². The van der Waals surface area contributed by atoms with E-state index in [1.165, 1.54) is 0 Å². The van der Waals surface area contributed by atoms with Crippen LogP contribution in [0.4, 0.5) is 0 Å². The van der Waals surface area contributed by atoms with Crippen LogP contribution in [0.1, 0.15) is 50.1 Å². The fourth-order valence-corrected chi connectivity index (χ4v) is 12.6. The molecule has 0 aromatic heterocycles. The van der Waals surface area contributed by atoms with E-state index < -0.39 is 98.7 Å². The number of ether oxygens (including phenoxy) is 15. The Hall–Kier alpha value is -7.92. The maximum atomic E-state index is 12.0. The van der Waals surface area contributed by atoms with Crippen molar-refractivity contribution in [3.63, 3.8) is 0 Å². The molecule has 0 aliphatic carbocycles. The summed E-state index contributed by atoms with van der Waals surface area (Å²) in [7, 11) is 0. The first-order chi connectivity index (χ1) is 49.5. The molecule has 100 heavy (non-hydrogen) atoms. The lowest BCUT2D eigenvalue weighted by Crippen LogP contribution is -2.68. The van der Waals surface area contributed by atoms with E-state index in [0.717, 1.165) is 50.1 Å². The molecule has 9 aromatic rings. The third kappa shape index (κ3) is 20.9. The van der Waals surface area contributed by atoms with E-state index in [1.807, 2.05) is 273 Å². The lowest BCUT2D eigenvalue weighted by molar-refractivity contribution is -0.399. The molecule has 16 nitrogen and oxygen atoms in total. The minimum absolute atomic E-state index is 0.0393. The van der Waals surface area contributed by atoms with Crippen molar-refractivity contribution in [1.29, 1.82) is 0 Å². The Morgan fingerprint density at radius 1 is 0.260 bits per heavy atom. The highest BCUT2D eigenvalue weighted by Crippen LogP contribution is 2.40. The third-order valence-electron chi connectivity index (χ3n) is 17.7. The highest BCUT2D eigenvalue weighted by molar-refractivity contribution is 5.21. The largest absolute Gasteiger partial charge is 0.394 e. The summed E-state index contributed by atoms with van der Waals surface area (Å²) >= 11 is 0. The number of benzene rings is 9. The summed E-state index contributed by atoms with van der Waals surface area (Å²) in [6.07, 6.45) is -14.3. The summed E-state index contributed by atoms with van der Waals surface area (Å²) in [5.41, 5.74) is 8.30. The first-order valence-corrected chi connectivity index (χ1v) is 34.4. The second-order valence-electron chi connectivity index (χ2n) is 25.0. The van der Waals surface area contributed by atoms with Gasteiger partial charge < -0.3 is 76.2 Å². The summed E-state index contributed by atoms with van der Waals surface area (Å²) in [5, 5.41) is 12.0. The quantitative estimate of drug-likeness (QED) is 0.0366.